The average Bonchev–Trinajstić information content (AvgIpc) is 2.71. The molecule has 4 fully saturated rings. The second kappa shape index (κ2) is 1.92. The van der Waals surface area contributed by atoms with Crippen LogP contribution in [-0.2, 0) is 4.79 Å². The lowest BCUT2D eigenvalue weighted by atomic mass is 9.68. The number of hydrogen-bond donors (Lipinski definition) is 2. The fourth-order valence-electron chi connectivity index (χ4n) is 4.38. The molecule has 0 spiro atoms. The number of carboxylic acid groups (broad SMARTS) is 1. The van der Waals surface area contributed by atoms with E-state index in [4.69, 9.17) is 0 Å². The summed E-state index contributed by atoms with van der Waals surface area (Å²) in [5.41, 5.74) is -0.786. The highest BCUT2D eigenvalue weighted by atomic mass is 16.4. The number of aliphatic carboxylic acids is 1. The molecule has 13 heavy (non-hydrogen) atoms. The van der Waals surface area contributed by atoms with Gasteiger partial charge in [0, 0.05) is 12.0 Å². The molecule has 4 bridgehead atoms. The van der Waals surface area contributed by atoms with Gasteiger partial charge in [-0.2, -0.15) is 0 Å². The third-order valence-corrected chi connectivity index (χ3v) is 4.92. The van der Waals surface area contributed by atoms with Crippen LogP contribution in [0.1, 0.15) is 25.7 Å². The van der Waals surface area contributed by atoms with Gasteiger partial charge in [-0.3, -0.25) is 4.79 Å². The molecule has 4 rings (SSSR count). The maximum atomic E-state index is 11.3. The van der Waals surface area contributed by atoms with E-state index in [0.29, 0.717) is 11.8 Å². The van der Waals surface area contributed by atoms with Gasteiger partial charge in [-0.15, -0.1) is 0 Å². The first-order valence-electron chi connectivity index (χ1n) is 4.98. The Kier molecular flexibility index (Phi) is 1.15. The summed E-state index contributed by atoms with van der Waals surface area (Å²) in [5.74, 6) is 0.538. The Morgan fingerprint density at radius 3 is 2.08 bits per heavy atom. The van der Waals surface area contributed by atoms with E-state index in [0.717, 1.165) is 25.7 Å². The number of hydrogen-bond acceptors (Lipinski definition) is 2. The maximum Gasteiger partial charge on any atom is 0.310 e. The number of carboxylic acids is 1. The molecule has 0 aromatic rings. The fourth-order valence-corrected chi connectivity index (χ4v) is 4.38. The quantitative estimate of drug-likeness (QED) is 0.666. The molecular formula is C10H14O3. The summed E-state index contributed by atoms with van der Waals surface area (Å²) in [6, 6.07) is 0. The van der Waals surface area contributed by atoms with E-state index in [9.17, 15) is 15.0 Å². The van der Waals surface area contributed by atoms with Crippen LogP contribution >= 0.6 is 0 Å². The van der Waals surface area contributed by atoms with Crippen molar-refractivity contribution in [3.05, 3.63) is 0 Å². The summed E-state index contributed by atoms with van der Waals surface area (Å²) in [7, 11) is 0. The number of rotatable bonds is 2. The standard InChI is InChI=1S/C10H14O3/c11-5-9-1-6-3-10(9,8(12)13)4-7(6)2-9/h6-7,11H,1-5H2,(H,12,13). The number of aliphatic hydroxyl groups excluding tert-OH is 1. The van der Waals surface area contributed by atoms with E-state index in [1.54, 1.807) is 0 Å². The van der Waals surface area contributed by atoms with Crippen LogP contribution in [0.3, 0.4) is 0 Å². The predicted molar refractivity (Wildman–Crippen MR) is 45.0 cm³/mol. The number of carbonyl (C=O) groups is 1. The molecule has 0 aromatic carbocycles. The molecule has 0 heterocycles. The molecule has 0 saturated heterocycles. The summed E-state index contributed by atoms with van der Waals surface area (Å²) in [5, 5.41) is 18.7. The lowest BCUT2D eigenvalue weighted by Gasteiger charge is -2.35. The van der Waals surface area contributed by atoms with Crippen molar-refractivity contribution in [1.82, 2.24) is 0 Å². The Morgan fingerprint density at radius 2 is 1.77 bits per heavy atom. The summed E-state index contributed by atoms with van der Waals surface area (Å²) in [6.45, 7) is 0.0757. The minimum Gasteiger partial charge on any atom is -0.481 e. The Labute approximate surface area is 76.8 Å². The van der Waals surface area contributed by atoms with Gasteiger partial charge in [-0.1, -0.05) is 0 Å². The van der Waals surface area contributed by atoms with E-state index in [1.165, 1.54) is 0 Å². The van der Waals surface area contributed by atoms with Crippen LogP contribution < -0.4 is 0 Å². The number of aliphatic hydroxyl groups is 1. The van der Waals surface area contributed by atoms with Crippen molar-refractivity contribution in [3.63, 3.8) is 0 Å². The smallest absolute Gasteiger partial charge is 0.310 e. The van der Waals surface area contributed by atoms with E-state index >= 15 is 0 Å². The Morgan fingerprint density at radius 1 is 1.23 bits per heavy atom. The Hall–Kier alpha value is -0.570. The van der Waals surface area contributed by atoms with Gasteiger partial charge in [0.15, 0.2) is 0 Å². The van der Waals surface area contributed by atoms with Gasteiger partial charge >= 0.3 is 5.97 Å². The Bertz CT molecular complexity index is 270. The first kappa shape index (κ1) is 7.80. The minimum absolute atomic E-state index is 0.0757. The zero-order valence-corrected chi connectivity index (χ0v) is 7.49. The molecule has 2 N–H and O–H groups in total. The van der Waals surface area contributed by atoms with Gasteiger partial charge in [0.2, 0.25) is 0 Å². The average molecular weight is 182 g/mol. The monoisotopic (exact) mass is 182 g/mol. The molecule has 3 heteroatoms. The third-order valence-electron chi connectivity index (χ3n) is 4.92. The van der Waals surface area contributed by atoms with Crippen LogP contribution in [0, 0.1) is 22.7 Å². The minimum atomic E-state index is -0.663. The van der Waals surface area contributed by atoms with Crippen molar-refractivity contribution >= 4 is 5.97 Å². The van der Waals surface area contributed by atoms with Gasteiger partial charge in [0.25, 0.3) is 0 Å². The first-order chi connectivity index (χ1) is 6.13. The maximum absolute atomic E-state index is 11.3. The molecule has 4 aliphatic carbocycles. The summed E-state index contributed by atoms with van der Waals surface area (Å²) in [4.78, 5) is 11.3. The predicted octanol–water partition coefficient (Wildman–Crippen LogP) is 0.870. The van der Waals surface area contributed by atoms with Gasteiger partial charge in [-0.25, -0.2) is 0 Å². The lowest BCUT2D eigenvalue weighted by molar-refractivity contribution is -0.155. The highest BCUT2D eigenvalue weighted by molar-refractivity contribution is 5.78. The molecular weight excluding hydrogens is 168 g/mol. The molecule has 4 aliphatic rings. The van der Waals surface area contributed by atoms with Crippen LogP contribution in [0.25, 0.3) is 0 Å². The highest BCUT2D eigenvalue weighted by Gasteiger charge is 2.74. The first-order valence-corrected chi connectivity index (χ1v) is 4.98. The molecule has 4 saturated carbocycles. The molecule has 2 unspecified atom stereocenters. The molecule has 0 radical (unpaired) electrons. The van der Waals surface area contributed by atoms with E-state index in [2.05, 4.69) is 0 Å². The van der Waals surface area contributed by atoms with Crippen molar-refractivity contribution in [2.45, 2.75) is 25.7 Å². The molecule has 2 atom stereocenters. The highest BCUT2D eigenvalue weighted by Crippen LogP contribution is 2.76. The zero-order valence-electron chi connectivity index (χ0n) is 7.49. The zero-order chi connectivity index (χ0) is 9.27. The SMILES string of the molecule is O=C(O)C12CC3CC1(CO)CC3C2. The van der Waals surface area contributed by atoms with Crippen molar-refractivity contribution in [3.8, 4) is 0 Å². The van der Waals surface area contributed by atoms with Crippen LogP contribution in [0.5, 0.6) is 0 Å². The third kappa shape index (κ3) is 0.592. The van der Waals surface area contributed by atoms with Crippen molar-refractivity contribution in [1.29, 1.82) is 0 Å². The van der Waals surface area contributed by atoms with Gasteiger partial charge in [0.1, 0.15) is 0 Å². The molecule has 0 amide bonds. The molecule has 72 valence electrons. The molecule has 0 aromatic heterocycles. The van der Waals surface area contributed by atoms with Crippen LogP contribution in [-0.4, -0.2) is 22.8 Å². The van der Waals surface area contributed by atoms with Crippen molar-refractivity contribution in [2.75, 3.05) is 6.61 Å². The fraction of sp³-hybridized carbons (Fsp3) is 0.900. The van der Waals surface area contributed by atoms with Crippen molar-refractivity contribution in [2.24, 2.45) is 22.7 Å². The second-order valence-corrected chi connectivity index (χ2v) is 5.16. The second-order valence-electron chi connectivity index (χ2n) is 5.16. The molecule has 0 aliphatic heterocycles. The topological polar surface area (TPSA) is 57.5 Å². The lowest BCUT2D eigenvalue weighted by Crippen LogP contribution is -2.41. The molecule has 3 nitrogen and oxygen atoms in total. The van der Waals surface area contributed by atoms with Crippen LogP contribution in [0.4, 0.5) is 0 Å². The summed E-state index contributed by atoms with van der Waals surface area (Å²) >= 11 is 0. The normalized spacial score (nSPS) is 56.4. The van der Waals surface area contributed by atoms with Crippen LogP contribution in [0.15, 0.2) is 0 Å². The largest absolute Gasteiger partial charge is 0.481 e. The van der Waals surface area contributed by atoms with Crippen LogP contribution in [0.2, 0.25) is 0 Å². The summed E-state index contributed by atoms with van der Waals surface area (Å²) in [6.07, 6.45) is 3.57. The summed E-state index contributed by atoms with van der Waals surface area (Å²) < 4.78 is 0. The van der Waals surface area contributed by atoms with E-state index in [1.807, 2.05) is 0 Å². The Balaban J connectivity index is 2.11. The van der Waals surface area contributed by atoms with E-state index in [-0.39, 0.29) is 12.0 Å². The van der Waals surface area contributed by atoms with Gasteiger partial charge in [-0.05, 0) is 37.5 Å². The van der Waals surface area contributed by atoms with E-state index < -0.39 is 11.4 Å². The van der Waals surface area contributed by atoms with Gasteiger partial charge in [0.05, 0.1) is 5.41 Å². The van der Waals surface area contributed by atoms with Crippen molar-refractivity contribution < 1.29 is 15.0 Å². The van der Waals surface area contributed by atoms with Gasteiger partial charge < -0.3 is 10.2 Å².